The quantitative estimate of drug-likeness (QED) is 0.545. The first-order valence-electron chi connectivity index (χ1n) is 10.8. The lowest BCUT2D eigenvalue weighted by Crippen LogP contribution is -2.47. The van der Waals surface area contributed by atoms with Crippen LogP contribution in [0.2, 0.25) is 0 Å². The number of benzene rings is 1. The molecule has 1 aromatic rings. The Labute approximate surface area is 193 Å². The number of rotatable bonds is 9. The third kappa shape index (κ3) is 7.10. The zero-order valence-electron chi connectivity index (χ0n) is 19.7. The Kier molecular flexibility index (Phi) is 9.50. The van der Waals surface area contributed by atoms with Crippen molar-refractivity contribution in [2.75, 3.05) is 41.0 Å². The Balaban J connectivity index is 1.94. The monoisotopic (exact) mass is 464 g/mol. The van der Waals surface area contributed by atoms with E-state index < -0.39 is 24.5 Å². The Hall–Kier alpha value is -3.30. The molecule has 1 fully saturated rings. The van der Waals surface area contributed by atoms with Crippen LogP contribution in [0.5, 0.6) is 11.5 Å². The van der Waals surface area contributed by atoms with Gasteiger partial charge in [0, 0.05) is 24.7 Å². The normalized spacial score (nSPS) is 14.9. The predicted octanol–water partition coefficient (Wildman–Crippen LogP) is 1.41. The highest BCUT2D eigenvalue weighted by molar-refractivity contribution is 5.97. The number of carbonyl (C=O) groups is 4. The average molecular weight is 465 g/mol. The first-order chi connectivity index (χ1) is 15.7. The minimum atomic E-state index is -0.951. The van der Waals surface area contributed by atoms with Gasteiger partial charge in [-0.2, -0.15) is 0 Å². The molecule has 0 unspecified atom stereocenters. The number of nitrogens with one attached hydrogen (secondary N) is 1. The summed E-state index contributed by atoms with van der Waals surface area (Å²) in [5.41, 5.74) is 0.259. The number of hydrogen-bond acceptors (Lipinski definition) is 8. The predicted molar refractivity (Wildman–Crippen MR) is 118 cm³/mol. The minimum absolute atomic E-state index is 0.225. The summed E-state index contributed by atoms with van der Waals surface area (Å²) >= 11 is 0. The summed E-state index contributed by atoms with van der Waals surface area (Å²) in [7, 11) is 4.29. The van der Waals surface area contributed by atoms with Crippen LogP contribution in [0.25, 0.3) is 0 Å². The van der Waals surface area contributed by atoms with Crippen LogP contribution in [-0.2, 0) is 23.9 Å². The van der Waals surface area contributed by atoms with Crippen molar-refractivity contribution >= 4 is 23.8 Å². The van der Waals surface area contributed by atoms with E-state index in [1.807, 2.05) is 0 Å². The van der Waals surface area contributed by atoms with E-state index in [0.717, 1.165) is 0 Å². The number of hydrogen-bond donors (Lipinski definition) is 1. The van der Waals surface area contributed by atoms with Crippen molar-refractivity contribution in [3.63, 3.8) is 0 Å². The Bertz CT molecular complexity index is 840. The van der Waals surface area contributed by atoms with Crippen LogP contribution >= 0.6 is 0 Å². The van der Waals surface area contributed by atoms with Crippen molar-refractivity contribution in [1.82, 2.24) is 10.2 Å². The maximum atomic E-state index is 12.8. The largest absolute Gasteiger partial charge is 0.497 e. The van der Waals surface area contributed by atoms with Gasteiger partial charge in [-0.05, 0) is 30.9 Å². The van der Waals surface area contributed by atoms with Gasteiger partial charge in [0.1, 0.15) is 17.5 Å². The van der Waals surface area contributed by atoms with Crippen molar-refractivity contribution in [3.05, 3.63) is 23.8 Å². The number of ether oxygens (including phenoxy) is 4. The van der Waals surface area contributed by atoms with Crippen LogP contribution in [0, 0.1) is 11.8 Å². The van der Waals surface area contributed by atoms with Gasteiger partial charge in [0.25, 0.3) is 11.8 Å². The van der Waals surface area contributed by atoms with Crippen molar-refractivity contribution < 1.29 is 38.1 Å². The van der Waals surface area contributed by atoms with Crippen molar-refractivity contribution in [3.8, 4) is 11.5 Å². The van der Waals surface area contributed by atoms with Crippen LogP contribution in [0.4, 0.5) is 0 Å². The van der Waals surface area contributed by atoms with Crippen LogP contribution in [0.1, 0.15) is 37.0 Å². The Morgan fingerprint density at radius 3 is 2.06 bits per heavy atom. The number of nitrogens with zero attached hydrogens (tertiary/aromatic N) is 1. The maximum Gasteiger partial charge on any atom is 0.329 e. The smallest absolute Gasteiger partial charge is 0.329 e. The van der Waals surface area contributed by atoms with Gasteiger partial charge in [-0.25, -0.2) is 4.79 Å². The van der Waals surface area contributed by atoms with E-state index in [9.17, 15) is 19.2 Å². The second-order valence-electron chi connectivity index (χ2n) is 8.08. The number of methoxy groups -OCH3 is 3. The molecule has 1 aliphatic rings. The van der Waals surface area contributed by atoms with Crippen molar-refractivity contribution in [2.45, 2.75) is 32.7 Å². The summed E-state index contributed by atoms with van der Waals surface area (Å²) < 4.78 is 20.3. The first-order valence-corrected chi connectivity index (χ1v) is 10.8. The minimum Gasteiger partial charge on any atom is -0.497 e. The molecule has 2 amide bonds. The van der Waals surface area contributed by atoms with E-state index in [0.29, 0.717) is 37.4 Å². The van der Waals surface area contributed by atoms with Gasteiger partial charge in [-0.3, -0.25) is 14.4 Å². The first kappa shape index (κ1) is 26.0. The molecule has 182 valence electrons. The summed E-state index contributed by atoms with van der Waals surface area (Å²) in [6, 6.07) is 3.74. The molecule has 0 aliphatic carbocycles. The van der Waals surface area contributed by atoms with Gasteiger partial charge < -0.3 is 29.2 Å². The number of amides is 2. The lowest BCUT2D eigenvalue weighted by atomic mass is 9.97. The van der Waals surface area contributed by atoms with E-state index in [-0.39, 0.29) is 29.3 Å². The molecule has 1 aromatic carbocycles. The van der Waals surface area contributed by atoms with E-state index in [2.05, 4.69) is 5.32 Å². The second-order valence-corrected chi connectivity index (χ2v) is 8.08. The topological polar surface area (TPSA) is 120 Å². The van der Waals surface area contributed by atoms with Crippen LogP contribution < -0.4 is 14.8 Å². The zero-order valence-corrected chi connectivity index (χ0v) is 19.7. The Morgan fingerprint density at radius 1 is 1.00 bits per heavy atom. The van der Waals surface area contributed by atoms with E-state index in [1.165, 1.54) is 33.5 Å². The lowest BCUT2D eigenvalue weighted by molar-refractivity contribution is -0.156. The van der Waals surface area contributed by atoms with Gasteiger partial charge in [0.05, 0.1) is 27.2 Å². The van der Waals surface area contributed by atoms with E-state index in [1.54, 1.807) is 24.8 Å². The molecule has 0 aromatic heterocycles. The average Bonchev–Trinajstić information content (AvgIpc) is 2.84. The molecule has 0 saturated carbocycles. The third-order valence-electron chi connectivity index (χ3n) is 5.54. The molecule has 1 saturated heterocycles. The molecule has 2 rings (SSSR count). The van der Waals surface area contributed by atoms with Crippen molar-refractivity contribution in [2.24, 2.45) is 11.8 Å². The van der Waals surface area contributed by atoms with Crippen LogP contribution in [-0.4, -0.2) is 75.7 Å². The van der Waals surface area contributed by atoms with Crippen molar-refractivity contribution in [1.29, 1.82) is 0 Å². The fourth-order valence-corrected chi connectivity index (χ4v) is 3.51. The number of esters is 2. The van der Waals surface area contributed by atoms with Gasteiger partial charge in [0.15, 0.2) is 6.61 Å². The maximum absolute atomic E-state index is 12.8. The number of piperidine rings is 1. The molecular formula is C23H32N2O8. The summed E-state index contributed by atoms with van der Waals surface area (Å²) in [6.07, 6.45) is 1.00. The molecule has 10 heteroatoms. The fourth-order valence-electron chi connectivity index (χ4n) is 3.51. The van der Waals surface area contributed by atoms with Gasteiger partial charge in [0.2, 0.25) is 0 Å². The summed E-state index contributed by atoms with van der Waals surface area (Å²) in [4.78, 5) is 51.0. The molecule has 1 N–H and O–H groups in total. The van der Waals surface area contributed by atoms with Crippen LogP contribution in [0.15, 0.2) is 18.2 Å². The molecule has 10 nitrogen and oxygen atoms in total. The van der Waals surface area contributed by atoms with E-state index >= 15 is 0 Å². The Morgan fingerprint density at radius 2 is 1.58 bits per heavy atom. The summed E-state index contributed by atoms with van der Waals surface area (Å²) in [6.45, 7) is 3.86. The fraction of sp³-hybridized carbons (Fsp3) is 0.565. The highest BCUT2D eigenvalue weighted by atomic mass is 16.5. The highest BCUT2D eigenvalue weighted by Gasteiger charge is 2.30. The highest BCUT2D eigenvalue weighted by Crippen LogP contribution is 2.23. The molecule has 0 bridgehead atoms. The SMILES string of the molecule is COC(=O)C1CCN(C(=O)COC(=O)[C@@H](NC(=O)c2cc(OC)cc(OC)c2)C(C)C)CC1. The van der Waals surface area contributed by atoms with E-state index in [4.69, 9.17) is 18.9 Å². The molecule has 33 heavy (non-hydrogen) atoms. The summed E-state index contributed by atoms with van der Waals surface area (Å²) in [5, 5.41) is 2.66. The molecular weight excluding hydrogens is 432 g/mol. The van der Waals surface area contributed by atoms with Gasteiger partial charge >= 0.3 is 11.9 Å². The van der Waals surface area contributed by atoms with Gasteiger partial charge in [-0.15, -0.1) is 0 Å². The van der Waals surface area contributed by atoms with Crippen LogP contribution in [0.3, 0.4) is 0 Å². The standard InChI is InChI=1S/C23H32N2O8/c1-14(2)20(24-21(27)16-10-17(30-3)12-18(11-16)31-4)23(29)33-13-19(26)25-8-6-15(7-9-25)22(28)32-5/h10-12,14-15,20H,6-9,13H2,1-5H3,(H,24,27)/t20-/m0/s1. The summed E-state index contributed by atoms with van der Waals surface area (Å²) in [5.74, 6) is -1.47. The molecule has 1 aliphatic heterocycles. The number of carbonyl (C=O) groups excluding carboxylic acids is 4. The lowest BCUT2D eigenvalue weighted by Gasteiger charge is -2.30. The zero-order chi connectivity index (χ0) is 24.5. The molecule has 0 spiro atoms. The third-order valence-corrected chi connectivity index (χ3v) is 5.54. The molecule has 0 radical (unpaired) electrons. The van der Waals surface area contributed by atoms with Gasteiger partial charge in [-0.1, -0.05) is 13.8 Å². The molecule has 1 atom stereocenters. The second kappa shape index (κ2) is 12.1. The number of likely N-dealkylation sites (tertiary alicyclic amines) is 1. The molecule has 1 heterocycles.